The van der Waals surface area contributed by atoms with Gasteiger partial charge in [0.15, 0.2) is 0 Å². The zero-order chi connectivity index (χ0) is 16.6. The van der Waals surface area contributed by atoms with Crippen molar-refractivity contribution in [3.63, 3.8) is 0 Å². The molecule has 3 heterocycles. The van der Waals surface area contributed by atoms with E-state index in [2.05, 4.69) is 4.98 Å². The molecule has 1 aromatic heterocycles. The first-order chi connectivity index (χ1) is 11.0. The van der Waals surface area contributed by atoms with Gasteiger partial charge >= 0.3 is 0 Å². The molecule has 2 aliphatic rings. The number of nitrogens with zero attached hydrogens (tertiary/aromatic N) is 3. The van der Waals surface area contributed by atoms with Gasteiger partial charge in [0.1, 0.15) is 0 Å². The van der Waals surface area contributed by atoms with Crippen molar-refractivity contribution in [2.75, 3.05) is 19.7 Å². The predicted octanol–water partition coefficient (Wildman–Crippen LogP) is 0.916. The van der Waals surface area contributed by atoms with Crippen LogP contribution >= 0.6 is 0 Å². The first-order valence-corrected chi connectivity index (χ1v) is 8.06. The van der Waals surface area contributed by atoms with E-state index in [1.54, 1.807) is 31.5 Å². The normalized spacial score (nSPS) is 30.2. The van der Waals surface area contributed by atoms with Crippen LogP contribution in [0.4, 0.5) is 0 Å². The van der Waals surface area contributed by atoms with Crippen molar-refractivity contribution in [2.24, 2.45) is 5.92 Å². The summed E-state index contributed by atoms with van der Waals surface area (Å²) in [6, 6.07) is 3.57. The largest absolute Gasteiger partial charge is 0.394 e. The van der Waals surface area contributed by atoms with E-state index in [-0.39, 0.29) is 30.4 Å². The average Bonchev–Trinajstić information content (AvgIpc) is 2.86. The van der Waals surface area contributed by atoms with E-state index in [9.17, 15) is 14.7 Å². The Morgan fingerprint density at radius 2 is 2.09 bits per heavy atom. The quantitative estimate of drug-likeness (QED) is 0.880. The molecule has 6 nitrogen and oxygen atoms in total. The SMILES string of the molecule is CC(=O)N1[C@H]2CCN(C(=O)c3ccncc3)C[C@@H]2C[C@]1(C)CO. The lowest BCUT2D eigenvalue weighted by Crippen LogP contribution is -2.53. The molecule has 0 saturated carbocycles. The molecule has 2 fully saturated rings. The second kappa shape index (κ2) is 5.92. The zero-order valence-electron chi connectivity index (χ0n) is 13.6. The van der Waals surface area contributed by atoms with Crippen LogP contribution in [0.15, 0.2) is 24.5 Å². The fourth-order valence-corrected chi connectivity index (χ4v) is 4.24. The molecule has 2 saturated heterocycles. The van der Waals surface area contributed by atoms with E-state index in [4.69, 9.17) is 0 Å². The molecule has 2 amide bonds. The van der Waals surface area contributed by atoms with Crippen molar-refractivity contribution < 1.29 is 14.7 Å². The summed E-state index contributed by atoms with van der Waals surface area (Å²) in [5.74, 6) is 0.233. The highest BCUT2D eigenvalue weighted by Crippen LogP contribution is 2.42. The average molecular weight is 317 g/mol. The highest BCUT2D eigenvalue weighted by Gasteiger charge is 2.51. The Labute approximate surface area is 136 Å². The minimum absolute atomic E-state index is 0.00274. The summed E-state index contributed by atoms with van der Waals surface area (Å²) >= 11 is 0. The van der Waals surface area contributed by atoms with Crippen LogP contribution in [-0.2, 0) is 4.79 Å². The van der Waals surface area contributed by atoms with Crippen molar-refractivity contribution in [3.05, 3.63) is 30.1 Å². The van der Waals surface area contributed by atoms with E-state index < -0.39 is 5.54 Å². The predicted molar refractivity (Wildman–Crippen MR) is 84.7 cm³/mol. The number of aliphatic hydroxyl groups excluding tert-OH is 1. The van der Waals surface area contributed by atoms with Gasteiger partial charge in [-0.2, -0.15) is 0 Å². The number of hydrogen-bond acceptors (Lipinski definition) is 4. The summed E-state index contributed by atoms with van der Waals surface area (Å²) in [6.07, 6.45) is 4.73. The third kappa shape index (κ3) is 2.72. The standard InChI is InChI=1S/C17H23N3O3/c1-12(22)20-15-5-8-19(10-14(15)9-17(20,2)11-21)16(23)13-3-6-18-7-4-13/h3-4,6-7,14-15,21H,5,8-11H2,1-2H3/t14-,15-,17+/m0/s1. The van der Waals surface area contributed by atoms with Gasteiger partial charge in [0.05, 0.1) is 12.1 Å². The van der Waals surface area contributed by atoms with Crippen molar-refractivity contribution in [1.82, 2.24) is 14.8 Å². The Morgan fingerprint density at radius 1 is 1.39 bits per heavy atom. The van der Waals surface area contributed by atoms with Gasteiger partial charge in [-0.3, -0.25) is 14.6 Å². The smallest absolute Gasteiger partial charge is 0.253 e. The van der Waals surface area contributed by atoms with Gasteiger partial charge in [-0.1, -0.05) is 0 Å². The first kappa shape index (κ1) is 15.9. The monoisotopic (exact) mass is 317 g/mol. The number of carbonyl (C=O) groups is 2. The number of amides is 2. The third-order valence-electron chi connectivity index (χ3n) is 5.20. The molecule has 6 heteroatoms. The van der Waals surface area contributed by atoms with E-state index in [1.165, 1.54) is 0 Å². The maximum Gasteiger partial charge on any atom is 0.253 e. The van der Waals surface area contributed by atoms with E-state index in [0.717, 1.165) is 12.8 Å². The number of piperidine rings is 1. The van der Waals surface area contributed by atoms with Crippen molar-refractivity contribution in [2.45, 2.75) is 38.3 Å². The van der Waals surface area contributed by atoms with Crippen molar-refractivity contribution in [1.29, 1.82) is 0 Å². The van der Waals surface area contributed by atoms with Crippen LogP contribution in [0, 0.1) is 5.92 Å². The molecule has 0 unspecified atom stereocenters. The van der Waals surface area contributed by atoms with Crippen LogP contribution in [-0.4, -0.2) is 63.0 Å². The molecule has 0 bridgehead atoms. The Bertz CT molecular complexity index is 606. The Kier molecular flexibility index (Phi) is 4.10. The van der Waals surface area contributed by atoms with Crippen molar-refractivity contribution >= 4 is 11.8 Å². The molecule has 1 aromatic rings. The number of aromatic nitrogens is 1. The zero-order valence-corrected chi connectivity index (χ0v) is 13.6. The second-order valence-corrected chi connectivity index (χ2v) is 6.85. The van der Waals surface area contributed by atoms with Crippen molar-refractivity contribution in [3.8, 4) is 0 Å². The summed E-state index contributed by atoms with van der Waals surface area (Å²) in [5, 5.41) is 9.76. The maximum absolute atomic E-state index is 12.6. The lowest BCUT2D eigenvalue weighted by molar-refractivity contribution is -0.137. The summed E-state index contributed by atoms with van der Waals surface area (Å²) in [7, 11) is 0. The lowest BCUT2D eigenvalue weighted by Gasteiger charge is -2.40. The van der Waals surface area contributed by atoms with Crippen LogP contribution in [0.5, 0.6) is 0 Å². The number of hydrogen-bond donors (Lipinski definition) is 1. The minimum atomic E-state index is -0.517. The van der Waals surface area contributed by atoms with Crippen LogP contribution in [0.2, 0.25) is 0 Å². The number of likely N-dealkylation sites (tertiary alicyclic amines) is 2. The number of fused-ring (bicyclic) bond motifs is 1. The number of aliphatic hydroxyl groups is 1. The Morgan fingerprint density at radius 3 is 2.70 bits per heavy atom. The summed E-state index contributed by atoms with van der Waals surface area (Å²) < 4.78 is 0. The lowest BCUT2D eigenvalue weighted by atomic mass is 9.89. The molecule has 3 rings (SSSR count). The number of carbonyl (C=O) groups excluding carboxylic acids is 2. The highest BCUT2D eigenvalue weighted by molar-refractivity contribution is 5.94. The van der Waals surface area contributed by atoms with E-state index >= 15 is 0 Å². The molecule has 0 spiro atoms. The third-order valence-corrected chi connectivity index (χ3v) is 5.20. The Hall–Kier alpha value is -1.95. The van der Waals surface area contributed by atoms with E-state index in [1.807, 2.05) is 16.7 Å². The molecule has 0 aromatic carbocycles. The topological polar surface area (TPSA) is 73.7 Å². The van der Waals surface area contributed by atoms with Crippen LogP contribution in [0.3, 0.4) is 0 Å². The fourth-order valence-electron chi connectivity index (χ4n) is 4.24. The van der Waals surface area contributed by atoms with E-state index in [0.29, 0.717) is 18.7 Å². The fraction of sp³-hybridized carbons (Fsp3) is 0.588. The maximum atomic E-state index is 12.6. The van der Waals surface area contributed by atoms with Crippen LogP contribution < -0.4 is 0 Å². The summed E-state index contributed by atoms with van der Waals surface area (Å²) in [5.41, 5.74) is 0.126. The van der Waals surface area contributed by atoms with Gasteiger partial charge in [0, 0.05) is 44.0 Å². The van der Waals surface area contributed by atoms with Gasteiger partial charge in [0.2, 0.25) is 5.91 Å². The Balaban J connectivity index is 1.77. The van der Waals surface area contributed by atoms with Gasteiger partial charge in [0.25, 0.3) is 5.91 Å². The summed E-state index contributed by atoms with van der Waals surface area (Å²) in [6.45, 7) is 4.71. The van der Waals surface area contributed by atoms with Crippen LogP contribution in [0.25, 0.3) is 0 Å². The number of pyridine rings is 1. The molecule has 3 atom stereocenters. The highest BCUT2D eigenvalue weighted by atomic mass is 16.3. The van der Waals surface area contributed by atoms with Gasteiger partial charge in [-0.25, -0.2) is 0 Å². The molecule has 1 N–H and O–H groups in total. The number of rotatable bonds is 2. The molecule has 2 aliphatic heterocycles. The van der Waals surface area contributed by atoms with Gasteiger partial charge in [-0.15, -0.1) is 0 Å². The molecular weight excluding hydrogens is 294 g/mol. The molecule has 0 radical (unpaired) electrons. The molecule has 124 valence electrons. The first-order valence-electron chi connectivity index (χ1n) is 8.06. The molecular formula is C17H23N3O3. The van der Waals surface area contributed by atoms with Gasteiger partial charge < -0.3 is 14.9 Å². The summed E-state index contributed by atoms with van der Waals surface area (Å²) in [4.78, 5) is 32.3. The van der Waals surface area contributed by atoms with Crippen LogP contribution in [0.1, 0.15) is 37.0 Å². The molecule has 0 aliphatic carbocycles. The second-order valence-electron chi connectivity index (χ2n) is 6.85. The molecule has 23 heavy (non-hydrogen) atoms. The minimum Gasteiger partial charge on any atom is -0.394 e. The van der Waals surface area contributed by atoms with Gasteiger partial charge in [-0.05, 0) is 37.8 Å².